The van der Waals surface area contributed by atoms with Gasteiger partial charge in [0.1, 0.15) is 5.82 Å². The molecule has 1 aliphatic rings. The number of halogens is 5. The largest absolute Gasteiger partial charge is 0.416 e. The first-order valence-electron chi connectivity index (χ1n) is 6.52. The van der Waals surface area contributed by atoms with Gasteiger partial charge < -0.3 is 5.32 Å². The normalized spacial score (nSPS) is 16.6. The molecule has 0 unspecified atom stereocenters. The van der Waals surface area contributed by atoms with Crippen LogP contribution in [0.25, 0.3) is 0 Å². The van der Waals surface area contributed by atoms with E-state index < -0.39 is 35.6 Å². The monoisotopic (exact) mass is 307 g/mol. The fourth-order valence-electron chi connectivity index (χ4n) is 2.24. The Labute approximate surface area is 118 Å². The van der Waals surface area contributed by atoms with Gasteiger partial charge in [-0.2, -0.15) is 13.2 Å². The molecule has 0 aliphatic heterocycles. The van der Waals surface area contributed by atoms with Crippen molar-refractivity contribution in [2.45, 2.75) is 30.9 Å². The first kappa shape index (κ1) is 15.7. The van der Waals surface area contributed by atoms with E-state index in [1.54, 1.807) is 0 Å². The molecule has 0 radical (unpaired) electrons. The summed E-state index contributed by atoms with van der Waals surface area (Å²) in [7, 11) is 0. The van der Waals surface area contributed by atoms with Gasteiger partial charge in [-0.05, 0) is 43.0 Å². The molecular weight excluding hydrogens is 293 g/mol. The maximum atomic E-state index is 13.4. The minimum atomic E-state index is -4.67. The zero-order valence-corrected chi connectivity index (χ0v) is 11.1. The van der Waals surface area contributed by atoms with Crippen LogP contribution in [0.15, 0.2) is 18.2 Å². The molecule has 1 aromatic carbocycles. The van der Waals surface area contributed by atoms with Crippen LogP contribution < -0.4 is 5.32 Å². The molecule has 2 rings (SSSR count). The maximum Gasteiger partial charge on any atom is 0.416 e. The van der Waals surface area contributed by atoms with Crippen molar-refractivity contribution >= 4 is 5.91 Å². The molecule has 1 fully saturated rings. The Kier molecular flexibility index (Phi) is 4.20. The van der Waals surface area contributed by atoms with Crippen LogP contribution in [0.5, 0.6) is 0 Å². The Balaban J connectivity index is 2.25. The number of hydrogen-bond acceptors (Lipinski definition) is 1. The molecule has 0 saturated heterocycles. The van der Waals surface area contributed by atoms with Gasteiger partial charge in [-0.25, -0.2) is 4.39 Å². The minimum Gasteiger partial charge on any atom is -0.355 e. The van der Waals surface area contributed by atoms with Gasteiger partial charge in [0, 0.05) is 6.54 Å². The highest BCUT2D eigenvalue weighted by molar-refractivity contribution is 5.91. The highest BCUT2D eigenvalue weighted by Gasteiger charge is 2.52. The van der Waals surface area contributed by atoms with Crippen molar-refractivity contribution in [2.75, 3.05) is 13.2 Å². The second-order valence-electron chi connectivity index (χ2n) is 5.11. The van der Waals surface area contributed by atoms with Gasteiger partial charge in [-0.15, -0.1) is 0 Å². The number of carbonyl (C=O) groups excluding carboxylic acids is 1. The second-order valence-corrected chi connectivity index (χ2v) is 5.11. The molecule has 1 N–H and O–H groups in total. The molecule has 21 heavy (non-hydrogen) atoms. The van der Waals surface area contributed by atoms with Crippen LogP contribution in [0, 0.1) is 5.82 Å². The predicted molar refractivity (Wildman–Crippen MR) is 65.9 cm³/mol. The average Bonchev–Trinajstić information content (AvgIpc) is 3.18. The van der Waals surface area contributed by atoms with Crippen molar-refractivity contribution < 1.29 is 26.7 Å². The van der Waals surface area contributed by atoms with E-state index in [0.717, 1.165) is 12.1 Å². The van der Waals surface area contributed by atoms with E-state index in [1.807, 2.05) is 0 Å². The zero-order chi connectivity index (χ0) is 15.7. The van der Waals surface area contributed by atoms with Crippen molar-refractivity contribution in [3.63, 3.8) is 0 Å². The predicted octanol–water partition coefficient (Wildman–Crippen LogP) is 3.35. The van der Waals surface area contributed by atoms with Crippen LogP contribution in [-0.2, 0) is 16.4 Å². The van der Waals surface area contributed by atoms with Gasteiger partial charge in [-0.1, -0.05) is 0 Å². The molecule has 0 spiro atoms. The molecule has 1 amide bonds. The summed E-state index contributed by atoms with van der Waals surface area (Å²) >= 11 is 0. The molecular formula is C14H14F5NO. The first-order valence-corrected chi connectivity index (χ1v) is 6.52. The number of hydrogen-bond donors (Lipinski definition) is 1. The maximum absolute atomic E-state index is 13.4. The van der Waals surface area contributed by atoms with E-state index in [-0.39, 0.29) is 18.5 Å². The highest BCUT2D eigenvalue weighted by atomic mass is 19.4. The SMILES string of the molecule is O=C(NCCCF)C1(c2cc(F)cc(C(F)(F)F)c2)CC1. The van der Waals surface area contributed by atoms with E-state index in [4.69, 9.17) is 0 Å². The standard InChI is InChI=1S/C14H14F5NO/c15-4-1-5-20-12(21)13(2-3-13)9-6-10(14(17,18)19)8-11(16)7-9/h6-8H,1-5H2,(H,20,21). The zero-order valence-electron chi connectivity index (χ0n) is 11.1. The van der Waals surface area contributed by atoms with E-state index in [1.165, 1.54) is 0 Å². The molecule has 2 nitrogen and oxygen atoms in total. The molecule has 7 heteroatoms. The first-order chi connectivity index (χ1) is 9.79. The van der Waals surface area contributed by atoms with Crippen LogP contribution in [0.3, 0.4) is 0 Å². The van der Waals surface area contributed by atoms with Crippen molar-refractivity contribution in [1.29, 1.82) is 0 Å². The third-order valence-electron chi connectivity index (χ3n) is 3.56. The topological polar surface area (TPSA) is 29.1 Å². The number of benzene rings is 1. The molecule has 116 valence electrons. The Morgan fingerprint density at radius 2 is 1.90 bits per heavy atom. The van der Waals surface area contributed by atoms with E-state index >= 15 is 0 Å². The highest BCUT2D eigenvalue weighted by Crippen LogP contribution is 2.49. The van der Waals surface area contributed by atoms with E-state index in [0.29, 0.717) is 18.9 Å². The van der Waals surface area contributed by atoms with Gasteiger partial charge in [0.2, 0.25) is 5.91 Å². The van der Waals surface area contributed by atoms with Crippen LogP contribution in [0.1, 0.15) is 30.4 Å². The van der Waals surface area contributed by atoms with Gasteiger partial charge in [-0.3, -0.25) is 9.18 Å². The van der Waals surface area contributed by atoms with Gasteiger partial charge in [0.15, 0.2) is 0 Å². The summed E-state index contributed by atoms with van der Waals surface area (Å²) in [6, 6.07) is 2.17. The Morgan fingerprint density at radius 1 is 1.24 bits per heavy atom. The van der Waals surface area contributed by atoms with E-state index in [9.17, 15) is 26.7 Å². The number of rotatable bonds is 5. The molecule has 0 atom stereocenters. The third kappa shape index (κ3) is 3.33. The van der Waals surface area contributed by atoms with Crippen molar-refractivity contribution in [3.05, 3.63) is 35.1 Å². The lowest BCUT2D eigenvalue weighted by Crippen LogP contribution is -2.35. The number of carbonyl (C=O) groups is 1. The number of alkyl halides is 4. The molecule has 1 saturated carbocycles. The third-order valence-corrected chi connectivity index (χ3v) is 3.56. The summed E-state index contributed by atoms with van der Waals surface area (Å²) in [6.45, 7) is -0.482. The lowest BCUT2D eigenvalue weighted by Gasteiger charge is -2.17. The summed E-state index contributed by atoms with van der Waals surface area (Å²) in [5, 5.41) is 2.48. The summed E-state index contributed by atoms with van der Waals surface area (Å²) < 4.78 is 63.5. The molecule has 0 bridgehead atoms. The number of nitrogens with one attached hydrogen (secondary N) is 1. The van der Waals surface area contributed by atoms with Crippen LogP contribution >= 0.6 is 0 Å². The lowest BCUT2D eigenvalue weighted by atomic mass is 9.93. The van der Waals surface area contributed by atoms with E-state index in [2.05, 4.69) is 5.32 Å². The lowest BCUT2D eigenvalue weighted by molar-refractivity contribution is -0.138. The van der Waals surface area contributed by atoms with Crippen LogP contribution in [0.2, 0.25) is 0 Å². The van der Waals surface area contributed by atoms with Crippen molar-refractivity contribution in [2.24, 2.45) is 0 Å². The Morgan fingerprint density at radius 3 is 2.43 bits per heavy atom. The molecule has 0 aromatic heterocycles. The van der Waals surface area contributed by atoms with Crippen molar-refractivity contribution in [1.82, 2.24) is 5.32 Å². The van der Waals surface area contributed by atoms with Gasteiger partial charge in [0.05, 0.1) is 17.7 Å². The fraction of sp³-hybridized carbons (Fsp3) is 0.500. The van der Waals surface area contributed by atoms with Gasteiger partial charge >= 0.3 is 6.18 Å². The summed E-state index contributed by atoms with van der Waals surface area (Å²) in [5.41, 5.74) is -2.20. The van der Waals surface area contributed by atoms with Crippen LogP contribution in [0.4, 0.5) is 22.0 Å². The summed E-state index contributed by atoms with van der Waals surface area (Å²) in [4.78, 5) is 12.0. The Hall–Kier alpha value is -1.66. The smallest absolute Gasteiger partial charge is 0.355 e. The fourth-order valence-corrected chi connectivity index (χ4v) is 2.24. The summed E-state index contributed by atoms with van der Waals surface area (Å²) in [6.07, 6.45) is -3.82. The molecule has 1 aliphatic carbocycles. The molecule has 0 heterocycles. The Bertz CT molecular complexity index is 537. The average molecular weight is 307 g/mol. The minimum absolute atomic E-state index is 0.0209. The van der Waals surface area contributed by atoms with Gasteiger partial charge in [0.25, 0.3) is 0 Å². The molecule has 1 aromatic rings. The summed E-state index contributed by atoms with van der Waals surface area (Å²) in [5.74, 6) is -1.50. The number of amides is 1. The quantitative estimate of drug-likeness (QED) is 0.656. The second kappa shape index (κ2) is 5.61. The van der Waals surface area contributed by atoms with Crippen LogP contribution in [-0.4, -0.2) is 19.1 Å². The van der Waals surface area contributed by atoms with Crippen molar-refractivity contribution in [3.8, 4) is 0 Å².